The molecule has 1 rings (SSSR count). The zero-order valence-electron chi connectivity index (χ0n) is 9.88. The first-order valence-electron chi connectivity index (χ1n) is 5.56. The van der Waals surface area contributed by atoms with Gasteiger partial charge in [0.05, 0.1) is 5.60 Å². The maximum absolute atomic E-state index is 9.56. The van der Waals surface area contributed by atoms with Crippen LogP contribution in [0.4, 0.5) is 5.69 Å². The number of aliphatic hydroxyl groups is 1. The van der Waals surface area contributed by atoms with Gasteiger partial charge in [0.25, 0.3) is 0 Å². The summed E-state index contributed by atoms with van der Waals surface area (Å²) in [6, 6.07) is 8.40. The van der Waals surface area contributed by atoms with Gasteiger partial charge >= 0.3 is 0 Å². The van der Waals surface area contributed by atoms with Crippen molar-refractivity contribution in [2.75, 3.05) is 11.9 Å². The van der Waals surface area contributed by atoms with Gasteiger partial charge in [0.1, 0.15) is 0 Å². The first-order chi connectivity index (χ1) is 7.01. The number of hydrogen-bond donors (Lipinski definition) is 2. The molecule has 0 atom stereocenters. The Morgan fingerprint density at radius 2 is 2.07 bits per heavy atom. The summed E-state index contributed by atoms with van der Waals surface area (Å²) < 4.78 is 0. The summed E-state index contributed by atoms with van der Waals surface area (Å²) in [6.45, 7) is 6.61. The van der Waals surface area contributed by atoms with Crippen molar-refractivity contribution in [3.8, 4) is 0 Å². The van der Waals surface area contributed by atoms with Crippen LogP contribution in [0.3, 0.4) is 0 Å². The molecular weight excluding hydrogens is 186 g/mol. The lowest BCUT2D eigenvalue weighted by atomic mass is 10.1. The van der Waals surface area contributed by atoms with E-state index in [2.05, 4.69) is 36.5 Å². The molecule has 1 aromatic rings. The third-order valence-electron chi connectivity index (χ3n) is 2.40. The van der Waals surface area contributed by atoms with Crippen LogP contribution in [0.1, 0.15) is 32.8 Å². The molecule has 15 heavy (non-hydrogen) atoms. The van der Waals surface area contributed by atoms with Crippen LogP contribution in [0.5, 0.6) is 0 Å². The van der Waals surface area contributed by atoms with Crippen LogP contribution in [0.15, 0.2) is 24.3 Å². The van der Waals surface area contributed by atoms with Gasteiger partial charge in [0.15, 0.2) is 0 Å². The molecule has 2 nitrogen and oxygen atoms in total. The summed E-state index contributed by atoms with van der Waals surface area (Å²) >= 11 is 0. The fourth-order valence-electron chi connectivity index (χ4n) is 1.41. The summed E-state index contributed by atoms with van der Waals surface area (Å²) in [5.41, 5.74) is 1.89. The molecule has 2 heteroatoms. The van der Waals surface area contributed by atoms with Crippen molar-refractivity contribution in [2.24, 2.45) is 0 Å². The molecule has 0 radical (unpaired) electrons. The van der Waals surface area contributed by atoms with Crippen LogP contribution >= 0.6 is 0 Å². The molecule has 0 saturated heterocycles. The number of anilines is 1. The molecule has 2 N–H and O–H groups in total. The summed E-state index contributed by atoms with van der Waals surface area (Å²) in [5, 5.41) is 12.9. The highest BCUT2D eigenvalue weighted by molar-refractivity contribution is 5.45. The minimum Gasteiger partial charge on any atom is -0.390 e. The van der Waals surface area contributed by atoms with Crippen molar-refractivity contribution in [2.45, 2.75) is 39.2 Å². The second kappa shape index (κ2) is 5.17. The Bertz CT molecular complexity index is 302. The van der Waals surface area contributed by atoms with Crippen molar-refractivity contribution in [1.82, 2.24) is 0 Å². The first-order valence-corrected chi connectivity index (χ1v) is 5.56. The second-order valence-electron chi connectivity index (χ2n) is 4.54. The average Bonchev–Trinajstić information content (AvgIpc) is 2.16. The van der Waals surface area contributed by atoms with Crippen molar-refractivity contribution >= 4 is 5.69 Å². The predicted molar refractivity (Wildman–Crippen MR) is 65.2 cm³/mol. The Balaban J connectivity index is 2.44. The van der Waals surface area contributed by atoms with E-state index < -0.39 is 5.60 Å². The number of rotatable bonds is 5. The van der Waals surface area contributed by atoms with Gasteiger partial charge in [0, 0.05) is 12.2 Å². The van der Waals surface area contributed by atoms with Crippen LogP contribution < -0.4 is 5.32 Å². The number of hydrogen-bond acceptors (Lipinski definition) is 2. The summed E-state index contributed by atoms with van der Waals surface area (Å²) in [4.78, 5) is 0. The molecule has 0 bridgehead atoms. The van der Waals surface area contributed by atoms with Gasteiger partial charge in [0.2, 0.25) is 0 Å². The van der Waals surface area contributed by atoms with Crippen molar-refractivity contribution < 1.29 is 5.11 Å². The van der Waals surface area contributed by atoms with E-state index >= 15 is 0 Å². The first kappa shape index (κ1) is 12.1. The van der Waals surface area contributed by atoms with Crippen LogP contribution in [0.25, 0.3) is 0 Å². The van der Waals surface area contributed by atoms with Crippen LogP contribution in [-0.4, -0.2) is 17.3 Å². The molecular formula is C13H21NO. The highest BCUT2D eigenvalue weighted by atomic mass is 16.3. The molecule has 84 valence electrons. The fraction of sp³-hybridized carbons (Fsp3) is 0.538. The molecule has 0 heterocycles. The highest BCUT2D eigenvalue weighted by Crippen LogP contribution is 2.12. The quantitative estimate of drug-likeness (QED) is 0.778. The van der Waals surface area contributed by atoms with Crippen LogP contribution in [0.2, 0.25) is 0 Å². The van der Waals surface area contributed by atoms with E-state index in [9.17, 15) is 5.11 Å². The van der Waals surface area contributed by atoms with Gasteiger partial charge in [-0.2, -0.15) is 0 Å². The average molecular weight is 207 g/mol. The van der Waals surface area contributed by atoms with E-state index in [0.29, 0.717) is 0 Å². The van der Waals surface area contributed by atoms with E-state index in [4.69, 9.17) is 0 Å². The number of benzene rings is 1. The Labute approximate surface area is 92.3 Å². The highest BCUT2D eigenvalue weighted by Gasteiger charge is 2.10. The molecule has 0 aromatic heterocycles. The standard InChI is InChI=1S/C13H21NO/c1-4-11-6-5-7-12(10-11)14-9-8-13(2,3)15/h5-7,10,14-15H,4,8-9H2,1-3H3. The monoisotopic (exact) mass is 207 g/mol. The predicted octanol–water partition coefficient (Wildman–Crippen LogP) is 2.82. The summed E-state index contributed by atoms with van der Waals surface area (Å²) in [7, 11) is 0. The molecule has 0 aliphatic heterocycles. The van der Waals surface area contributed by atoms with Gasteiger partial charge in [-0.1, -0.05) is 19.1 Å². The van der Waals surface area contributed by atoms with E-state index in [-0.39, 0.29) is 0 Å². The minimum absolute atomic E-state index is 0.588. The van der Waals surface area contributed by atoms with Gasteiger partial charge in [-0.15, -0.1) is 0 Å². The van der Waals surface area contributed by atoms with E-state index in [1.807, 2.05) is 13.8 Å². The summed E-state index contributed by atoms with van der Waals surface area (Å²) in [5.74, 6) is 0. The van der Waals surface area contributed by atoms with E-state index in [0.717, 1.165) is 25.1 Å². The molecule has 0 saturated carbocycles. The lowest BCUT2D eigenvalue weighted by Gasteiger charge is -2.17. The van der Waals surface area contributed by atoms with Crippen LogP contribution in [0, 0.1) is 0 Å². The Hall–Kier alpha value is -1.02. The molecule has 0 fully saturated rings. The van der Waals surface area contributed by atoms with Gasteiger partial charge in [-0.05, 0) is 44.4 Å². The smallest absolute Gasteiger partial charge is 0.0608 e. The maximum atomic E-state index is 9.56. The third kappa shape index (κ3) is 4.84. The third-order valence-corrected chi connectivity index (χ3v) is 2.40. The SMILES string of the molecule is CCc1cccc(NCCC(C)(C)O)c1. The largest absolute Gasteiger partial charge is 0.390 e. The van der Waals surface area contributed by atoms with Gasteiger partial charge in [-0.25, -0.2) is 0 Å². The van der Waals surface area contributed by atoms with Crippen molar-refractivity contribution in [3.05, 3.63) is 29.8 Å². The maximum Gasteiger partial charge on any atom is 0.0608 e. The van der Waals surface area contributed by atoms with Crippen molar-refractivity contribution in [3.63, 3.8) is 0 Å². The van der Waals surface area contributed by atoms with Gasteiger partial charge in [-0.3, -0.25) is 0 Å². The Kier molecular flexibility index (Phi) is 4.15. The number of nitrogens with one attached hydrogen (secondary N) is 1. The molecule has 0 aliphatic rings. The lowest BCUT2D eigenvalue weighted by molar-refractivity contribution is 0.0749. The zero-order chi connectivity index (χ0) is 11.3. The molecule has 0 aliphatic carbocycles. The molecule has 1 aromatic carbocycles. The summed E-state index contributed by atoms with van der Waals surface area (Å²) in [6.07, 6.45) is 1.81. The molecule has 0 amide bonds. The fourth-order valence-corrected chi connectivity index (χ4v) is 1.41. The van der Waals surface area contributed by atoms with Crippen molar-refractivity contribution in [1.29, 1.82) is 0 Å². The van der Waals surface area contributed by atoms with Crippen LogP contribution in [-0.2, 0) is 6.42 Å². The minimum atomic E-state index is -0.588. The van der Waals surface area contributed by atoms with E-state index in [1.54, 1.807) is 0 Å². The zero-order valence-corrected chi connectivity index (χ0v) is 9.88. The normalized spacial score (nSPS) is 11.5. The molecule has 0 spiro atoms. The second-order valence-corrected chi connectivity index (χ2v) is 4.54. The Morgan fingerprint density at radius 1 is 1.33 bits per heavy atom. The Morgan fingerprint density at radius 3 is 2.67 bits per heavy atom. The lowest BCUT2D eigenvalue weighted by Crippen LogP contribution is -2.22. The molecule has 0 unspecified atom stereocenters. The van der Waals surface area contributed by atoms with E-state index in [1.165, 1.54) is 5.56 Å². The number of aryl methyl sites for hydroxylation is 1. The van der Waals surface area contributed by atoms with Gasteiger partial charge < -0.3 is 10.4 Å². The topological polar surface area (TPSA) is 32.3 Å².